The highest BCUT2D eigenvalue weighted by atomic mass is 32.2. The second kappa shape index (κ2) is 11.8. The molecule has 3 rings (SSSR count). The molecule has 2 amide bonds. The Kier molecular flexibility index (Phi) is 8.89. The summed E-state index contributed by atoms with van der Waals surface area (Å²) >= 11 is 0.905. The van der Waals surface area contributed by atoms with Crippen LogP contribution in [0.2, 0.25) is 0 Å². The maximum absolute atomic E-state index is 13.1. The summed E-state index contributed by atoms with van der Waals surface area (Å²) in [5.74, 6) is -4.73. The van der Waals surface area contributed by atoms with E-state index in [1.807, 2.05) is 0 Å². The highest BCUT2D eigenvalue weighted by Gasteiger charge is 2.58. The molecule has 0 aliphatic carbocycles. The molecule has 0 spiro atoms. The van der Waals surface area contributed by atoms with Crippen LogP contribution >= 0.6 is 11.3 Å². The third-order valence-electron chi connectivity index (χ3n) is 5.38. The van der Waals surface area contributed by atoms with Crippen LogP contribution in [0.3, 0.4) is 0 Å². The number of oxime groups is 1. The number of nitro groups is 1. The molecule has 1 fully saturated rings. The average molecular weight is 615 g/mol. The molecule has 20 heteroatoms. The molecule has 4 N–H and O–H groups in total. The molecular weight excluding hydrogens is 592 g/mol. The Balaban J connectivity index is 1.78. The molecule has 2 heterocycles. The first-order valence-corrected chi connectivity index (χ1v) is 13.4. The van der Waals surface area contributed by atoms with Gasteiger partial charge in [-0.15, -0.1) is 11.3 Å². The molecule has 2 unspecified atom stereocenters. The molecule has 0 bridgehead atoms. The first kappa shape index (κ1) is 30.8. The van der Waals surface area contributed by atoms with Crippen molar-refractivity contribution in [3.63, 3.8) is 0 Å². The molecule has 1 saturated heterocycles. The molecule has 1 aliphatic heterocycles. The number of nitrogens with two attached hydrogens (primary N) is 1. The average Bonchev–Trinajstić information content (AvgIpc) is 3.33. The van der Waals surface area contributed by atoms with Gasteiger partial charge < -0.3 is 25.4 Å². The quantitative estimate of drug-likeness (QED) is 0.0723. The Bertz CT molecular complexity index is 1520. The van der Waals surface area contributed by atoms with E-state index in [2.05, 4.69) is 20.2 Å². The molecule has 18 nitrogen and oxygen atoms in total. The number of rotatable bonds is 11. The van der Waals surface area contributed by atoms with E-state index in [9.17, 15) is 42.3 Å². The Hall–Kier alpha value is -4.69. The van der Waals surface area contributed by atoms with Crippen LogP contribution in [-0.4, -0.2) is 81.4 Å². The van der Waals surface area contributed by atoms with E-state index < -0.39 is 62.4 Å². The van der Waals surface area contributed by atoms with E-state index >= 15 is 0 Å². The highest BCUT2D eigenvalue weighted by Crippen LogP contribution is 2.25. The number of benzene rings is 1. The van der Waals surface area contributed by atoms with Crippen LogP contribution in [0.15, 0.2) is 34.8 Å². The van der Waals surface area contributed by atoms with E-state index in [-0.39, 0.29) is 27.4 Å². The van der Waals surface area contributed by atoms with E-state index in [0.29, 0.717) is 5.56 Å². The van der Waals surface area contributed by atoms with Gasteiger partial charge in [0.05, 0.1) is 12.0 Å². The first-order valence-electron chi connectivity index (χ1n) is 11.1. The maximum atomic E-state index is 13.1. The number of ether oxygens (including phenoxy) is 2. The van der Waals surface area contributed by atoms with Crippen LogP contribution in [0.5, 0.6) is 0 Å². The second-order valence-electron chi connectivity index (χ2n) is 8.64. The number of methoxy groups -OCH3 is 1. The number of nitrogen functional groups attached to an aromatic ring is 1. The molecule has 0 saturated carbocycles. The molecule has 0 radical (unpaired) electrons. The minimum Gasteiger partial charge on any atom is -0.467 e. The van der Waals surface area contributed by atoms with Gasteiger partial charge in [0.2, 0.25) is 5.60 Å². The predicted molar refractivity (Wildman–Crippen MR) is 137 cm³/mol. The van der Waals surface area contributed by atoms with Gasteiger partial charge in [0, 0.05) is 17.5 Å². The number of carbonyl (C=O) groups excluding carboxylic acids is 4. The summed E-state index contributed by atoms with van der Waals surface area (Å²) in [6.07, 6.45) is 0. The number of hydrogen-bond donors (Lipinski definition) is 3. The number of nitro benzene ring substituents is 1. The van der Waals surface area contributed by atoms with Crippen LogP contribution in [0, 0.1) is 10.1 Å². The Morgan fingerprint density at radius 3 is 2.44 bits per heavy atom. The lowest BCUT2D eigenvalue weighted by Gasteiger charge is -2.41. The Morgan fingerprint density at radius 2 is 1.93 bits per heavy atom. The summed E-state index contributed by atoms with van der Waals surface area (Å²) in [6.45, 7) is 2.24. The SMILES string of the molecule is COC(=O)C1C(NC(=O)/C(=N\OC(C)(C)C(=O)OCc2ccc([N+](=O)[O-])cc2)c2csc(N)n2)C(=O)N1S(=O)(=O)O. The zero-order valence-corrected chi connectivity index (χ0v) is 23.0. The van der Waals surface area contributed by atoms with Crippen molar-refractivity contribution in [2.45, 2.75) is 38.1 Å². The van der Waals surface area contributed by atoms with Crippen LogP contribution in [0.25, 0.3) is 0 Å². The summed E-state index contributed by atoms with van der Waals surface area (Å²) in [4.78, 5) is 69.5. The van der Waals surface area contributed by atoms with Crippen molar-refractivity contribution in [2.75, 3.05) is 12.8 Å². The number of β-lactam (4-membered cyclic amide) rings is 1. The summed E-state index contributed by atoms with van der Waals surface area (Å²) in [5.41, 5.74) is 3.32. The van der Waals surface area contributed by atoms with Crippen molar-refractivity contribution >= 4 is 61.9 Å². The summed E-state index contributed by atoms with van der Waals surface area (Å²) in [5, 5.41) is 17.9. The number of nitrogens with one attached hydrogen (secondary N) is 1. The number of anilines is 1. The first-order chi connectivity index (χ1) is 19.1. The zero-order valence-electron chi connectivity index (χ0n) is 21.4. The molecule has 1 aromatic heterocycles. The van der Waals surface area contributed by atoms with E-state index in [0.717, 1.165) is 18.4 Å². The summed E-state index contributed by atoms with van der Waals surface area (Å²) in [6, 6.07) is 1.54. The lowest BCUT2D eigenvalue weighted by molar-refractivity contribution is -0.384. The fourth-order valence-electron chi connectivity index (χ4n) is 3.26. The zero-order chi connectivity index (χ0) is 30.7. The van der Waals surface area contributed by atoms with Crippen molar-refractivity contribution in [1.82, 2.24) is 14.6 Å². The number of aromatic nitrogens is 1. The van der Waals surface area contributed by atoms with Gasteiger partial charge in [-0.05, 0) is 31.5 Å². The number of hydrogen-bond acceptors (Lipinski definition) is 15. The van der Waals surface area contributed by atoms with Crippen molar-refractivity contribution in [1.29, 1.82) is 0 Å². The molecule has 2 atom stereocenters. The van der Waals surface area contributed by atoms with Gasteiger partial charge >= 0.3 is 22.2 Å². The summed E-state index contributed by atoms with van der Waals surface area (Å²) < 4.78 is 41.7. The predicted octanol–water partition coefficient (Wildman–Crippen LogP) is -0.452. The number of esters is 2. The van der Waals surface area contributed by atoms with Gasteiger partial charge in [0.15, 0.2) is 16.9 Å². The van der Waals surface area contributed by atoms with Crippen molar-refractivity contribution in [3.05, 3.63) is 51.0 Å². The van der Waals surface area contributed by atoms with Crippen LogP contribution < -0.4 is 11.1 Å². The van der Waals surface area contributed by atoms with Gasteiger partial charge in [-0.1, -0.05) is 5.16 Å². The Morgan fingerprint density at radius 1 is 1.29 bits per heavy atom. The van der Waals surface area contributed by atoms with Crippen molar-refractivity contribution < 1.29 is 51.4 Å². The lowest BCUT2D eigenvalue weighted by atomic mass is 9.98. The largest absolute Gasteiger partial charge is 0.467 e. The van der Waals surface area contributed by atoms with Crippen molar-refractivity contribution in [2.24, 2.45) is 5.16 Å². The van der Waals surface area contributed by atoms with Gasteiger partial charge in [-0.2, -0.15) is 12.7 Å². The molecule has 1 aliphatic rings. The monoisotopic (exact) mass is 614 g/mol. The number of nitrogens with zero attached hydrogens (tertiary/aromatic N) is 4. The molecular formula is C21H22N6O12S2. The topological polar surface area (TPSA) is 260 Å². The fourth-order valence-corrected chi connectivity index (χ4v) is 4.64. The lowest BCUT2D eigenvalue weighted by Crippen LogP contribution is -2.74. The van der Waals surface area contributed by atoms with Gasteiger partial charge in [0.1, 0.15) is 18.3 Å². The van der Waals surface area contributed by atoms with Gasteiger partial charge in [-0.25, -0.2) is 14.6 Å². The minimum absolute atomic E-state index is 0.00646. The molecule has 2 aromatic rings. The number of thiazole rings is 1. The summed E-state index contributed by atoms with van der Waals surface area (Å²) in [7, 11) is -4.26. The number of amides is 2. The smallest absolute Gasteiger partial charge is 0.363 e. The molecule has 1 aromatic carbocycles. The fraction of sp³-hybridized carbons (Fsp3) is 0.333. The molecule has 220 valence electrons. The van der Waals surface area contributed by atoms with Crippen LogP contribution in [0.1, 0.15) is 25.1 Å². The standard InChI is InChI=1S/C21H22N6O12S2/c1-21(2,19(31)38-8-10-4-6-11(7-5-10)27(32)33)39-25-13(12-9-40-20(22)23-12)16(28)24-14-15(18(30)37-3)26(17(14)29)41(34,35)36/h4-7,9,14-15H,8H2,1-3H3,(H2,22,23)(H,24,28)(H,34,35,36)/b25-13-. The molecule has 41 heavy (non-hydrogen) atoms. The van der Waals surface area contributed by atoms with Gasteiger partial charge in [0.25, 0.3) is 17.5 Å². The number of non-ortho nitro benzene ring substituents is 1. The normalized spacial score (nSPS) is 17.3. The van der Waals surface area contributed by atoms with Crippen molar-refractivity contribution in [3.8, 4) is 0 Å². The minimum atomic E-state index is -5.16. The Labute approximate surface area is 235 Å². The maximum Gasteiger partial charge on any atom is 0.363 e. The van der Waals surface area contributed by atoms with E-state index in [1.54, 1.807) is 0 Å². The second-order valence-corrected chi connectivity index (χ2v) is 10.8. The third-order valence-corrected chi connectivity index (χ3v) is 6.96. The van der Waals surface area contributed by atoms with Crippen LogP contribution in [-0.2, 0) is 50.4 Å². The third kappa shape index (κ3) is 6.91. The van der Waals surface area contributed by atoms with Crippen LogP contribution in [0.4, 0.5) is 10.8 Å². The van der Waals surface area contributed by atoms with E-state index in [4.69, 9.17) is 15.3 Å². The van der Waals surface area contributed by atoms with Gasteiger partial charge in [-0.3, -0.25) is 24.3 Å². The van der Waals surface area contributed by atoms with E-state index in [1.165, 1.54) is 43.5 Å². The highest BCUT2D eigenvalue weighted by molar-refractivity contribution is 7.84. The number of carbonyl (C=O) groups is 4.